The third-order valence-corrected chi connectivity index (χ3v) is 4.59. The smallest absolute Gasteiger partial charge is 0.225 e. The summed E-state index contributed by atoms with van der Waals surface area (Å²) in [6.45, 7) is 3.55. The quantitative estimate of drug-likeness (QED) is 0.925. The largest absolute Gasteiger partial charge is 0.354 e. The fraction of sp³-hybridized carbons (Fsp3) is 0.389. The van der Waals surface area contributed by atoms with Gasteiger partial charge in [0.2, 0.25) is 5.91 Å². The van der Waals surface area contributed by atoms with Gasteiger partial charge in [-0.3, -0.25) is 4.79 Å². The molecule has 0 aliphatic carbocycles. The van der Waals surface area contributed by atoms with Crippen LogP contribution in [0.3, 0.4) is 0 Å². The van der Waals surface area contributed by atoms with E-state index in [1.807, 2.05) is 43.3 Å². The highest BCUT2D eigenvalue weighted by atomic mass is 35.5. The van der Waals surface area contributed by atoms with Crippen molar-refractivity contribution in [3.8, 4) is 0 Å². The van der Waals surface area contributed by atoms with Gasteiger partial charge in [0.1, 0.15) is 0 Å². The first-order valence-corrected chi connectivity index (χ1v) is 8.61. The van der Waals surface area contributed by atoms with Crippen molar-refractivity contribution in [1.82, 2.24) is 15.5 Å². The van der Waals surface area contributed by atoms with Gasteiger partial charge in [-0.1, -0.05) is 41.9 Å². The summed E-state index contributed by atoms with van der Waals surface area (Å²) in [5.74, 6) is 0.827. The summed E-state index contributed by atoms with van der Waals surface area (Å²) in [6.07, 6.45) is 1.85. The number of amides is 1. The lowest BCUT2D eigenvalue weighted by Gasteiger charge is -2.33. The Morgan fingerprint density at radius 1 is 1.25 bits per heavy atom. The van der Waals surface area contributed by atoms with Crippen molar-refractivity contribution < 1.29 is 4.79 Å². The highest BCUT2D eigenvalue weighted by Crippen LogP contribution is 2.23. The maximum atomic E-state index is 12.6. The van der Waals surface area contributed by atoms with Crippen LogP contribution < -0.4 is 10.2 Å². The van der Waals surface area contributed by atoms with Crippen LogP contribution >= 0.6 is 11.6 Å². The third kappa shape index (κ3) is 4.03. The molecule has 0 saturated carbocycles. The predicted octanol–water partition coefficient (Wildman–Crippen LogP) is 3.22. The monoisotopic (exact) mass is 344 g/mol. The van der Waals surface area contributed by atoms with E-state index in [-0.39, 0.29) is 17.9 Å². The van der Waals surface area contributed by atoms with E-state index >= 15 is 0 Å². The standard InChI is InChI=1S/C18H21ClN4O/c1-13(14-6-3-2-4-7-14)20-18(24)15-8-5-11-23(12-15)17-10-9-16(19)21-22-17/h2-4,6-7,9-10,13,15H,5,8,11-12H2,1H3,(H,20,24)/t13-,15+/m0/s1. The second-order valence-electron chi connectivity index (χ2n) is 6.14. The Kier molecular flexibility index (Phi) is 5.30. The average molecular weight is 345 g/mol. The minimum atomic E-state index is -0.0395. The summed E-state index contributed by atoms with van der Waals surface area (Å²) in [6, 6.07) is 13.6. The minimum Gasteiger partial charge on any atom is -0.354 e. The lowest BCUT2D eigenvalue weighted by molar-refractivity contribution is -0.125. The van der Waals surface area contributed by atoms with Gasteiger partial charge in [-0.15, -0.1) is 10.2 Å². The molecular weight excluding hydrogens is 324 g/mol. The summed E-state index contributed by atoms with van der Waals surface area (Å²) < 4.78 is 0. The zero-order valence-electron chi connectivity index (χ0n) is 13.7. The summed E-state index contributed by atoms with van der Waals surface area (Å²) in [4.78, 5) is 14.7. The van der Waals surface area contributed by atoms with Crippen molar-refractivity contribution >= 4 is 23.3 Å². The van der Waals surface area contributed by atoms with Crippen molar-refractivity contribution in [2.24, 2.45) is 5.92 Å². The Labute approximate surface area is 147 Å². The molecule has 1 amide bonds. The number of hydrogen-bond donors (Lipinski definition) is 1. The zero-order chi connectivity index (χ0) is 16.9. The number of hydrogen-bond acceptors (Lipinski definition) is 4. The first kappa shape index (κ1) is 16.7. The number of aromatic nitrogens is 2. The first-order valence-electron chi connectivity index (χ1n) is 8.23. The molecule has 1 aliphatic rings. The van der Waals surface area contributed by atoms with Crippen molar-refractivity contribution in [3.05, 3.63) is 53.2 Å². The van der Waals surface area contributed by atoms with Crippen molar-refractivity contribution in [2.45, 2.75) is 25.8 Å². The SMILES string of the molecule is C[C@H](NC(=O)[C@@H]1CCCN(c2ccc(Cl)nn2)C1)c1ccccc1. The fourth-order valence-electron chi connectivity index (χ4n) is 3.03. The van der Waals surface area contributed by atoms with Crippen LogP contribution in [-0.4, -0.2) is 29.2 Å². The lowest BCUT2D eigenvalue weighted by atomic mass is 9.96. The lowest BCUT2D eigenvalue weighted by Crippen LogP contribution is -2.44. The number of halogens is 1. The molecule has 0 spiro atoms. The van der Waals surface area contributed by atoms with E-state index in [1.165, 1.54) is 0 Å². The average Bonchev–Trinajstić information content (AvgIpc) is 2.63. The molecule has 2 heterocycles. The van der Waals surface area contributed by atoms with Crippen molar-refractivity contribution in [3.63, 3.8) is 0 Å². The molecule has 126 valence electrons. The Balaban J connectivity index is 1.61. The number of carbonyl (C=O) groups excluding carboxylic acids is 1. The van der Waals surface area contributed by atoms with Gasteiger partial charge in [-0.25, -0.2) is 0 Å². The maximum absolute atomic E-state index is 12.6. The second-order valence-corrected chi connectivity index (χ2v) is 6.53. The van der Waals surface area contributed by atoms with Gasteiger partial charge in [0.25, 0.3) is 0 Å². The molecule has 24 heavy (non-hydrogen) atoms. The molecule has 1 fully saturated rings. The maximum Gasteiger partial charge on any atom is 0.225 e. The third-order valence-electron chi connectivity index (χ3n) is 4.39. The topological polar surface area (TPSA) is 58.1 Å². The molecule has 2 aromatic rings. The van der Waals surface area contributed by atoms with Gasteiger partial charge in [-0.05, 0) is 37.5 Å². The summed E-state index contributed by atoms with van der Waals surface area (Å²) in [5.41, 5.74) is 1.11. The Bertz CT molecular complexity index is 677. The molecule has 0 bridgehead atoms. The minimum absolute atomic E-state index is 0.00407. The van der Waals surface area contributed by atoms with E-state index in [1.54, 1.807) is 6.07 Å². The van der Waals surface area contributed by atoms with Crippen molar-refractivity contribution in [1.29, 1.82) is 0 Å². The van der Waals surface area contributed by atoms with Gasteiger partial charge in [0.05, 0.1) is 12.0 Å². The van der Waals surface area contributed by atoms with Gasteiger partial charge in [0.15, 0.2) is 11.0 Å². The number of nitrogens with zero attached hydrogens (tertiary/aromatic N) is 3. The number of piperidine rings is 1. The molecule has 1 saturated heterocycles. The number of nitrogens with one attached hydrogen (secondary N) is 1. The Morgan fingerprint density at radius 2 is 2.04 bits per heavy atom. The Morgan fingerprint density at radius 3 is 2.75 bits per heavy atom. The molecular formula is C18H21ClN4O. The van der Waals surface area contributed by atoms with Gasteiger partial charge in [-0.2, -0.15) is 0 Å². The van der Waals surface area contributed by atoms with Crippen LogP contribution in [0.1, 0.15) is 31.4 Å². The number of anilines is 1. The van der Waals surface area contributed by atoms with E-state index < -0.39 is 0 Å². The van der Waals surface area contributed by atoms with E-state index in [4.69, 9.17) is 11.6 Å². The highest BCUT2D eigenvalue weighted by molar-refractivity contribution is 6.29. The molecule has 1 aromatic carbocycles. The van der Waals surface area contributed by atoms with Gasteiger partial charge >= 0.3 is 0 Å². The molecule has 5 nitrogen and oxygen atoms in total. The number of benzene rings is 1. The fourth-order valence-corrected chi connectivity index (χ4v) is 3.13. The molecule has 0 radical (unpaired) electrons. The van der Waals surface area contributed by atoms with E-state index in [2.05, 4.69) is 20.4 Å². The molecule has 0 unspecified atom stereocenters. The molecule has 1 aliphatic heterocycles. The first-order chi connectivity index (χ1) is 11.6. The molecule has 3 rings (SSSR count). The van der Waals surface area contributed by atoms with Crippen LogP contribution in [-0.2, 0) is 4.79 Å². The van der Waals surface area contributed by atoms with Crippen LogP contribution in [0.4, 0.5) is 5.82 Å². The summed E-state index contributed by atoms with van der Waals surface area (Å²) in [5, 5.41) is 11.5. The van der Waals surface area contributed by atoms with Crippen LogP contribution in [0.25, 0.3) is 0 Å². The van der Waals surface area contributed by atoms with Crippen LogP contribution in [0.2, 0.25) is 5.15 Å². The van der Waals surface area contributed by atoms with Crippen LogP contribution in [0, 0.1) is 5.92 Å². The van der Waals surface area contributed by atoms with Crippen LogP contribution in [0.15, 0.2) is 42.5 Å². The second kappa shape index (κ2) is 7.62. The van der Waals surface area contributed by atoms with Gasteiger partial charge < -0.3 is 10.2 Å². The summed E-state index contributed by atoms with van der Waals surface area (Å²) >= 11 is 5.79. The van der Waals surface area contributed by atoms with E-state index in [9.17, 15) is 4.79 Å². The normalized spacial score (nSPS) is 18.9. The molecule has 2 atom stereocenters. The molecule has 6 heteroatoms. The van der Waals surface area contributed by atoms with E-state index in [0.29, 0.717) is 11.7 Å². The van der Waals surface area contributed by atoms with Gasteiger partial charge in [0, 0.05) is 13.1 Å². The Hall–Kier alpha value is -2.14. The summed E-state index contributed by atoms with van der Waals surface area (Å²) in [7, 11) is 0. The zero-order valence-corrected chi connectivity index (χ0v) is 14.4. The highest BCUT2D eigenvalue weighted by Gasteiger charge is 2.27. The number of carbonyl (C=O) groups is 1. The number of rotatable bonds is 4. The van der Waals surface area contributed by atoms with E-state index in [0.717, 1.165) is 30.8 Å². The molecule has 1 N–H and O–H groups in total. The van der Waals surface area contributed by atoms with Crippen molar-refractivity contribution in [2.75, 3.05) is 18.0 Å². The molecule has 1 aromatic heterocycles. The van der Waals surface area contributed by atoms with Crippen LogP contribution in [0.5, 0.6) is 0 Å². The predicted molar refractivity (Wildman–Crippen MR) is 95.0 cm³/mol.